The van der Waals surface area contributed by atoms with E-state index in [0.717, 1.165) is 51.6 Å². The number of carbonyl (C=O) groups is 5. The molecule has 0 bridgehead atoms. The fraction of sp³-hybridized carbons (Fsp3) is 0.298. The molecule has 4 heterocycles. The number of amides is 4. The van der Waals surface area contributed by atoms with Gasteiger partial charge in [0.05, 0.1) is 44.2 Å². The maximum atomic E-state index is 13.9. The van der Waals surface area contributed by atoms with Gasteiger partial charge in [-0.3, -0.25) is 14.4 Å². The van der Waals surface area contributed by atoms with Gasteiger partial charge >= 0.3 is 12.2 Å². The Bertz CT molecular complexity index is 2620. The summed E-state index contributed by atoms with van der Waals surface area (Å²) in [5.41, 5.74) is 5.91. The predicted octanol–water partition coefficient (Wildman–Crippen LogP) is 7.27. The summed E-state index contributed by atoms with van der Waals surface area (Å²) in [6, 6.07) is 26.8. The third kappa shape index (κ3) is 8.51. The van der Waals surface area contributed by atoms with Gasteiger partial charge in [0, 0.05) is 36.5 Å². The monoisotopic (exact) mass is 836 g/mol. The Morgan fingerprint density at radius 2 is 1.27 bits per heavy atom. The highest BCUT2D eigenvalue weighted by atomic mass is 16.5. The number of methoxy groups -OCH3 is 2. The fourth-order valence-electron chi connectivity index (χ4n) is 8.36. The molecule has 4 aromatic carbocycles. The number of fused-ring (bicyclic) bond motifs is 1. The molecule has 2 saturated heterocycles. The van der Waals surface area contributed by atoms with Crippen molar-refractivity contribution in [3.05, 3.63) is 121 Å². The summed E-state index contributed by atoms with van der Waals surface area (Å²) < 4.78 is 9.55. The number of nitrogens with zero attached hydrogens (tertiary/aromatic N) is 4. The Labute approximate surface area is 358 Å². The maximum absolute atomic E-state index is 13.9. The second-order valence-electron chi connectivity index (χ2n) is 15.9. The number of hydrogen-bond acceptors (Lipinski definition) is 9. The van der Waals surface area contributed by atoms with Crippen LogP contribution in [-0.4, -0.2) is 92.9 Å². The lowest BCUT2D eigenvalue weighted by Gasteiger charge is -2.29. The van der Waals surface area contributed by atoms with E-state index in [4.69, 9.17) is 19.4 Å². The average Bonchev–Trinajstić information content (AvgIpc) is 4.14. The Morgan fingerprint density at radius 3 is 1.94 bits per heavy atom. The summed E-state index contributed by atoms with van der Waals surface area (Å²) in [7, 11) is 2.52. The van der Waals surface area contributed by atoms with E-state index in [1.807, 2.05) is 50.4 Å². The molecule has 4 atom stereocenters. The number of carbonyl (C=O) groups excluding carboxylic acids is 5. The zero-order chi connectivity index (χ0) is 43.5. The first kappa shape index (κ1) is 41.4. The van der Waals surface area contributed by atoms with E-state index < -0.39 is 36.2 Å². The Morgan fingerprint density at radius 1 is 0.694 bits per heavy atom. The Balaban J connectivity index is 0.953. The molecule has 0 saturated carbocycles. The zero-order valence-electron chi connectivity index (χ0n) is 34.9. The summed E-state index contributed by atoms with van der Waals surface area (Å²) in [6.07, 6.45) is 3.96. The first-order valence-electron chi connectivity index (χ1n) is 20.6. The molecule has 62 heavy (non-hydrogen) atoms. The summed E-state index contributed by atoms with van der Waals surface area (Å²) >= 11 is 0. The van der Waals surface area contributed by atoms with Crippen LogP contribution in [0.1, 0.15) is 68.4 Å². The first-order chi connectivity index (χ1) is 30.0. The van der Waals surface area contributed by atoms with Crippen molar-refractivity contribution in [2.75, 3.05) is 27.3 Å². The Kier molecular flexibility index (Phi) is 11.9. The minimum absolute atomic E-state index is 0.0990. The molecule has 15 heteroatoms. The van der Waals surface area contributed by atoms with Crippen molar-refractivity contribution in [1.82, 2.24) is 40.4 Å². The number of alkyl carbamates (subject to hydrolysis) is 2. The third-order valence-electron chi connectivity index (χ3n) is 11.7. The lowest BCUT2D eigenvalue weighted by atomic mass is 9.98. The molecule has 15 nitrogen and oxygen atoms in total. The third-order valence-corrected chi connectivity index (χ3v) is 11.7. The molecule has 2 fully saturated rings. The molecule has 318 valence electrons. The number of aromatic amines is 2. The second kappa shape index (κ2) is 17.7. The van der Waals surface area contributed by atoms with Gasteiger partial charge < -0.3 is 39.9 Å². The van der Waals surface area contributed by atoms with Crippen molar-refractivity contribution in [2.45, 2.75) is 57.3 Å². The molecule has 8 rings (SSSR count). The predicted molar refractivity (Wildman–Crippen MR) is 231 cm³/mol. The molecule has 4 amide bonds. The quantitative estimate of drug-likeness (QED) is 0.104. The van der Waals surface area contributed by atoms with Gasteiger partial charge in [-0.1, -0.05) is 92.7 Å². The van der Waals surface area contributed by atoms with Crippen molar-refractivity contribution >= 4 is 40.6 Å². The van der Waals surface area contributed by atoms with Crippen LogP contribution in [0.4, 0.5) is 9.59 Å². The average molecular weight is 837 g/mol. The minimum atomic E-state index is -1.05. The molecule has 2 aliphatic rings. The lowest BCUT2D eigenvalue weighted by Crippen LogP contribution is -2.51. The van der Waals surface area contributed by atoms with Gasteiger partial charge in [0.15, 0.2) is 5.78 Å². The number of nitrogens with one attached hydrogen (secondary N) is 4. The molecule has 2 aliphatic heterocycles. The van der Waals surface area contributed by atoms with Gasteiger partial charge in [-0.25, -0.2) is 19.6 Å². The van der Waals surface area contributed by atoms with Crippen molar-refractivity contribution in [3.63, 3.8) is 0 Å². The van der Waals surface area contributed by atoms with E-state index in [0.29, 0.717) is 29.5 Å². The molecule has 0 aliphatic carbocycles. The molecular weight excluding hydrogens is 789 g/mol. The van der Waals surface area contributed by atoms with E-state index in [-0.39, 0.29) is 36.6 Å². The van der Waals surface area contributed by atoms with E-state index in [1.54, 1.807) is 35.4 Å². The number of ketones is 1. The normalized spacial score (nSPS) is 17.3. The standard InChI is InChI=1S/C47H48N8O7/c1-27(2)40(52-46(59)61-3)44(57)54-20-8-11-38(54)42-48-24-36(50-42)29-14-12-28(13-15-29)31-16-17-33-22-34(19-18-32(33)21-31)37-25-49-43(51-37)39-23-35(56)26-55(39)45(58)41(53-47(60)62-4)30-9-6-5-7-10-30/h5-7,9-10,12-19,21-22,24-25,27,38-41H,8,11,20,23,26H2,1-4H3,(H,48,50)(H,49,51)(H,52,59)(H,53,60). The van der Waals surface area contributed by atoms with Crippen LogP contribution in [0, 0.1) is 5.92 Å². The fourth-order valence-corrected chi connectivity index (χ4v) is 8.36. The van der Waals surface area contributed by atoms with Crippen molar-refractivity contribution in [1.29, 1.82) is 0 Å². The minimum Gasteiger partial charge on any atom is -0.453 e. The van der Waals surface area contributed by atoms with E-state index in [2.05, 4.69) is 57.0 Å². The summed E-state index contributed by atoms with van der Waals surface area (Å²) in [6.45, 7) is 4.27. The van der Waals surface area contributed by atoms with Crippen LogP contribution >= 0.6 is 0 Å². The largest absolute Gasteiger partial charge is 0.453 e. The number of benzene rings is 4. The van der Waals surface area contributed by atoms with Crippen molar-refractivity contribution in [3.8, 4) is 33.6 Å². The molecule has 6 aromatic rings. The topological polar surface area (TPSA) is 192 Å². The van der Waals surface area contributed by atoms with Gasteiger partial charge in [0.2, 0.25) is 5.91 Å². The van der Waals surface area contributed by atoms with Crippen LogP contribution < -0.4 is 10.6 Å². The van der Waals surface area contributed by atoms with Gasteiger partial charge in [0.25, 0.3) is 5.91 Å². The van der Waals surface area contributed by atoms with Gasteiger partial charge in [-0.2, -0.15) is 0 Å². The van der Waals surface area contributed by atoms with E-state index in [1.165, 1.54) is 19.1 Å². The van der Waals surface area contributed by atoms with Crippen LogP contribution in [0.5, 0.6) is 0 Å². The molecule has 2 aromatic heterocycles. The highest BCUT2D eigenvalue weighted by molar-refractivity contribution is 5.94. The molecule has 4 unspecified atom stereocenters. The lowest BCUT2D eigenvalue weighted by molar-refractivity contribution is -0.136. The highest BCUT2D eigenvalue weighted by Crippen LogP contribution is 2.36. The number of H-pyrrole nitrogens is 2. The van der Waals surface area contributed by atoms with Crippen LogP contribution in [0.25, 0.3) is 44.4 Å². The summed E-state index contributed by atoms with van der Waals surface area (Å²) in [5, 5.41) is 7.38. The number of hydrogen-bond donors (Lipinski definition) is 4. The number of likely N-dealkylation sites (tertiary alicyclic amines) is 2. The van der Waals surface area contributed by atoms with Crippen LogP contribution in [0.3, 0.4) is 0 Å². The number of Topliss-reactive ketones (excluding diaryl/α,β-unsaturated/α-hetero) is 1. The van der Waals surface area contributed by atoms with Crippen molar-refractivity contribution in [2.24, 2.45) is 5.92 Å². The van der Waals surface area contributed by atoms with Crippen LogP contribution in [0.15, 0.2) is 103 Å². The second-order valence-corrected chi connectivity index (χ2v) is 15.9. The number of imidazole rings is 2. The highest BCUT2D eigenvalue weighted by Gasteiger charge is 2.41. The number of aromatic nitrogens is 4. The molecule has 4 N–H and O–H groups in total. The summed E-state index contributed by atoms with van der Waals surface area (Å²) in [4.78, 5) is 84.0. The maximum Gasteiger partial charge on any atom is 0.407 e. The van der Waals surface area contributed by atoms with Crippen molar-refractivity contribution < 1.29 is 33.4 Å². The van der Waals surface area contributed by atoms with Gasteiger partial charge in [-0.15, -0.1) is 0 Å². The van der Waals surface area contributed by atoms with E-state index in [9.17, 15) is 24.0 Å². The van der Waals surface area contributed by atoms with Crippen LogP contribution in [-0.2, 0) is 23.9 Å². The van der Waals surface area contributed by atoms with E-state index >= 15 is 0 Å². The first-order valence-corrected chi connectivity index (χ1v) is 20.6. The molecule has 0 radical (unpaired) electrons. The zero-order valence-corrected chi connectivity index (χ0v) is 34.9. The molecular formula is C47H48N8O7. The smallest absolute Gasteiger partial charge is 0.407 e. The SMILES string of the molecule is COC(=O)NC(C(=O)N1CC(=O)CC1c1nc(-c2ccc3cc(-c4ccc(-c5c[nH]c(C6CCCN6C(=O)C(NC(=O)OC)C(C)C)n5)cc4)ccc3c2)c[nH]1)c1ccccc1. The van der Waals surface area contributed by atoms with Gasteiger partial charge in [-0.05, 0) is 58.4 Å². The Hall–Kier alpha value is -7.29. The van der Waals surface area contributed by atoms with Gasteiger partial charge in [0.1, 0.15) is 23.7 Å². The summed E-state index contributed by atoms with van der Waals surface area (Å²) in [5.74, 6) is 0.386. The van der Waals surface area contributed by atoms with Crippen LogP contribution in [0.2, 0.25) is 0 Å². The number of ether oxygens (including phenoxy) is 2. The number of rotatable bonds is 11. The molecule has 0 spiro atoms.